The maximum atomic E-state index is 9.46. The lowest BCUT2D eigenvalue weighted by molar-refractivity contribution is -0.0458. The Kier molecular flexibility index (Phi) is 3.79. The van der Waals surface area contributed by atoms with Crippen LogP contribution in [0.5, 0.6) is 5.75 Å². The molecule has 128 valence electrons. The van der Waals surface area contributed by atoms with Gasteiger partial charge >= 0.3 is 0 Å². The van der Waals surface area contributed by atoms with Gasteiger partial charge in [0.05, 0.1) is 40.1 Å². The van der Waals surface area contributed by atoms with Crippen LogP contribution in [0.1, 0.15) is 12.0 Å². The lowest BCUT2D eigenvalue weighted by Gasteiger charge is -2.11. The molecule has 0 spiro atoms. The van der Waals surface area contributed by atoms with Crippen molar-refractivity contribution >= 4 is 49.4 Å². The lowest BCUT2D eigenvalue weighted by atomic mass is 10.2. The minimum Gasteiger partial charge on any atom is -0.494 e. The summed E-state index contributed by atoms with van der Waals surface area (Å²) in [4.78, 5) is 11.3. The monoisotopic (exact) mass is 404 g/mol. The summed E-state index contributed by atoms with van der Waals surface area (Å²) in [7, 11) is 1.57. The molecule has 10 heteroatoms. The van der Waals surface area contributed by atoms with E-state index in [4.69, 9.17) is 4.74 Å². The summed E-state index contributed by atoms with van der Waals surface area (Å²) in [5, 5.41) is 30.5. The molecule has 0 fully saturated rings. The number of nitrogens with zero attached hydrogens (tertiary/aromatic N) is 3. The van der Waals surface area contributed by atoms with Crippen molar-refractivity contribution in [2.24, 2.45) is 0 Å². The number of fused-ring (bicyclic) bond motifs is 2. The van der Waals surface area contributed by atoms with Crippen molar-refractivity contribution < 1.29 is 14.9 Å². The average molecular weight is 405 g/mol. The van der Waals surface area contributed by atoms with E-state index >= 15 is 0 Å². The van der Waals surface area contributed by atoms with Gasteiger partial charge in [0, 0.05) is 11.5 Å². The molecule has 0 aliphatic carbocycles. The number of H-pyrrole nitrogens is 2. The summed E-state index contributed by atoms with van der Waals surface area (Å²) in [6, 6.07) is 3.71. The fraction of sp³-hybridized carbons (Fsp3) is 0.133. The molecule has 0 saturated carbocycles. The third kappa shape index (κ3) is 2.60. The highest BCUT2D eigenvalue weighted by atomic mass is 79.9. The van der Waals surface area contributed by atoms with Gasteiger partial charge in [-0.2, -0.15) is 5.10 Å². The number of rotatable bonds is 4. The highest BCUT2D eigenvalue weighted by molar-refractivity contribution is 9.10. The second-order valence-electron chi connectivity index (χ2n) is 5.31. The van der Waals surface area contributed by atoms with Crippen LogP contribution in [0.3, 0.4) is 0 Å². The molecule has 1 aromatic carbocycles. The fourth-order valence-corrected chi connectivity index (χ4v) is 3.32. The molecule has 0 aliphatic heterocycles. The Balaban J connectivity index is 1.86. The van der Waals surface area contributed by atoms with E-state index in [1.54, 1.807) is 13.3 Å². The summed E-state index contributed by atoms with van der Waals surface area (Å²) in [5.41, 5.74) is 2.21. The van der Waals surface area contributed by atoms with Crippen LogP contribution in [0.25, 0.3) is 21.9 Å². The maximum absolute atomic E-state index is 9.46. The molecule has 0 atom stereocenters. The smallest absolute Gasteiger partial charge is 0.195 e. The van der Waals surface area contributed by atoms with Crippen molar-refractivity contribution in [3.63, 3.8) is 0 Å². The molecule has 3 heterocycles. The van der Waals surface area contributed by atoms with E-state index in [9.17, 15) is 10.2 Å². The van der Waals surface area contributed by atoms with Gasteiger partial charge in [-0.3, -0.25) is 5.10 Å². The normalized spacial score (nSPS) is 11.6. The first kappa shape index (κ1) is 15.8. The van der Waals surface area contributed by atoms with Crippen molar-refractivity contribution in [1.29, 1.82) is 0 Å². The van der Waals surface area contributed by atoms with Gasteiger partial charge in [-0.25, -0.2) is 9.97 Å². The SMILES string of the molecule is COc1cc2[nH]ncc2cc1Nc1ncnc2[nH]c(C(O)O)c(Br)c12. The Labute approximate surface area is 149 Å². The average Bonchev–Trinajstić information content (AvgIpc) is 3.18. The van der Waals surface area contributed by atoms with Crippen LogP contribution in [-0.2, 0) is 0 Å². The molecule has 25 heavy (non-hydrogen) atoms. The molecule has 0 aliphatic rings. The van der Waals surface area contributed by atoms with Gasteiger partial charge in [0.1, 0.15) is 23.5 Å². The molecule has 0 radical (unpaired) electrons. The number of methoxy groups -OCH3 is 1. The number of aromatic nitrogens is 5. The van der Waals surface area contributed by atoms with Crippen LogP contribution in [0.2, 0.25) is 0 Å². The van der Waals surface area contributed by atoms with Crippen molar-refractivity contribution in [1.82, 2.24) is 25.1 Å². The fourth-order valence-electron chi connectivity index (χ4n) is 2.64. The predicted molar refractivity (Wildman–Crippen MR) is 94.7 cm³/mol. The van der Waals surface area contributed by atoms with Gasteiger partial charge in [0.15, 0.2) is 6.29 Å². The molecule has 0 amide bonds. The van der Waals surface area contributed by atoms with Crippen LogP contribution in [0.4, 0.5) is 11.5 Å². The Bertz CT molecular complexity index is 1070. The predicted octanol–water partition coefficient (Wildman–Crippen LogP) is 2.33. The van der Waals surface area contributed by atoms with Crippen molar-refractivity contribution in [3.8, 4) is 5.75 Å². The van der Waals surface area contributed by atoms with Crippen LogP contribution in [0, 0.1) is 0 Å². The van der Waals surface area contributed by atoms with E-state index in [0.29, 0.717) is 32.8 Å². The number of nitrogens with one attached hydrogen (secondary N) is 3. The number of aromatic amines is 2. The van der Waals surface area contributed by atoms with E-state index < -0.39 is 6.29 Å². The first-order chi connectivity index (χ1) is 12.1. The number of halogens is 1. The number of aliphatic hydroxyl groups is 2. The van der Waals surface area contributed by atoms with E-state index in [1.807, 2.05) is 12.1 Å². The van der Waals surface area contributed by atoms with E-state index in [-0.39, 0.29) is 5.69 Å². The third-order valence-corrected chi connectivity index (χ3v) is 4.65. The first-order valence-electron chi connectivity index (χ1n) is 7.25. The second kappa shape index (κ2) is 5.99. The Morgan fingerprint density at radius 2 is 2.12 bits per heavy atom. The molecule has 0 saturated heterocycles. The van der Waals surface area contributed by atoms with Crippen molar-refractivity contribution in [3.05, 3.63) is 34.8 Å². The molecule has 0 bridgehead atoms. The zero-order chi connectivity index (χ0) is 17.6. The largest absolute Gasteiger partial charge is 0.494 e. The van der Waals surface area contributed by atoms with E-state index in [2.05, 4.69) is 46.4 Å². The molecular formula is C15H13BrN6O3. The van der Waals surface area contributed by atoms with Gasteiger partial charge in [-0.1, -0.05) is 0 Å². The van der Waals surface area contributed by atoms with E-state index in [1.165, 1.54) is 6.33 Å². The van der Waals surface area contributed by atoms with Crippen molar-refractivity contribution in [2.75, 3.05) is 12.4 Å². The number of hydrogen-bond acceptors (Lipinski definition) is 7. The molecule has 4 aromatic rings. The zero-order valence-corrected chi connectivity index (χ0v) is 14.5. The maximum Gasteiger partial charge on any atom is 0.195 e. The molecule has 9 nitrogen and oxygen atoms in total. The minimum absolute atomic E-state index is 0.204. The number of benzene rings is 1. The lowest BCUT2D eigenvalue weighted by Crippen LogP contribution is -1.98. The van der Waals surface area contributed by atoms with Gasteiger partial charge < -0.3 is 25.3 Å². The molecule has 4 rings (SSSR count). The summed E-state index contributed by atoms with van der Waals surface area (Å²) in [5.74, 6) is 1.10. The zero-order valence-electron chi connectivity index (χ0n) is 12.9. The Morgan fingerprint density at radius 1 is 1.28 bits per heavy atom. The van der Waals surface area contributed by atoms with Crippen molar-refractivity contribution in [2.45, 2.75) is 6.29 Å². The number of hydrogen-bond donors (Lipinski definition) is 5. The van der Waals surface area contributed by atoms with E-state index in [0.717, 1.165) is 10.9 Å². The first-order valence-corrected chi connectivity index (χ1v) is 8.04. The number of anilines is 2. The van der Waals surface area contributed by atoms with Crippen LogP contribution >= 0.6 is 15.9 Å². The molecule has 5 N–H and O–H groups in total. The minimum atomic E-state index is -1.66. The summed E-state index contributed by atoms with van der Waals surface area (Å²) in [6.45, 7) is 0. The second-order valence-corrected chi connectivity index (χ2v) is 6.10. The summed E-state index contributed by atoms with van der Waals surface area (Å²) < 4.78 is 5.90. The number of aliphatic hydroxyl groups excluding tert-OH is 1. The van der Waals surface area contributed by atoms with Gasteiger partial charge in [0.25, 0.3) is 0 Å². The molecule has 0 unspecified atom stereocenters. The summed E-state index contributed by atoms with van der Waals surface area (Å²) in [6.07, 6.45) is 1.43. The third-order valence-electron chi connectivity index (χ3n) is 3.83. The van der Waals surface area contributed by atoms with Crippen LogP contribution in [0.15, 0.2) is 29.1 Å². The highest BCUT2D eigenvalue weighted by Crippen LogP contribution is 2.37. The Hall–Kier alpha value is -2.69. The van der Waals surface area contributed by atoms with Crippen LogP contribution in [-0.4, -0.2) is 42.5 Å². The molecule has 3 aromatic heterocycles. The standard InChI is InChI=1S/C15H13BrN6O3/c1-25-9-3-7-6(4-19-22-7)2-8(9)20-13-10-11(16)12(15(23)24)21-14(10)18-5-17-13/h2-5,15,23-24H,1H3,(H,19,22)(H2,17,18,20,21). The van der Waals surface area contributed by atoms with Crippen LogP contribution < -0.4 is 10.1 Å². The van der Waals surface area contributed by atoms with Gasteiger partial charge in [0.2, 0.25) is 0 Å². The highest BCUT2D eigenvalue weighted by Gasteiger charge is 2.19. The molecular weight excluding hydrogens is 392 g/mol. The van der Waals surface area contributed by atoms with Gasteiger partial charge in [-0.15, -0.1) is 0 Å². The topological polar surface area (TPSA) is 132 Å². The van der Waals surface area contributed by atoms with Gasteiger partial charge in [-0.05, 0) is 22.0 Å². The summed E-state index contributed by atoms with van der Waals surface area (Å²) >= 11 is 3.37. The Morgan fingerprint density at radius 3 is 2.88 bits per heavy atom. The number of ether oxygens (including phenoxy) is 1. The quantitative estimate of drug-likeness (QED) is 0.329.